The van der Waals surface area contributed by atoms with Gasteiger partial charge in [0.1, 0.15) is 0 Å². The summed E-state index contributed by atoms with van der Waals surface area (Å²) in [5, 5.41) is 1.25. The zero-order chi connectivity index (χ0) is 22.2. The summed E-state index contributed by atoms with van der Waals surface area (Å²) in [5.41, 5.74) is 4.83. The van der Waals surface area contributed by atoms with Crippen LogP contribution >= 0.6 is 0 Å². The summed E-state index contributed by atoms with van der Waals surface area (Å²) in [6, 6.07) is 6.90. The number of hydrogen-bond acceptors (Lipinski definition) is 2. The Hall–Kier alpha value is -1.81. The molecule has 1 unspecified atom stereocenters. The van der Waals surface area contributed by atoms with Crippen LogP contribution in [0, 0.1) is 0 Å². The lowest BCUT2D eigenvalue weighted by Gasteiger charge is -2.28. The Balaban J connectivity index is 1.78. The van der Waals surface area contributed by atoms with Gasteiger partial charge in [0, 0.05) is 41.3 Å². The van der Waals surface area contributed by atoms with Crippen LogP contribution in [0.3, 0.4) is 0 Å². The van der Waals surface area contributed by atoms with E-state index in [1.807, 2.05) is 6.07 Å². The second-order valence-corrected chi connectivity index (χ2v) is 9.62. The summed E-state index contributed by atoms with van der Waals surface area (Å²) in [5.74, 6) is 0.213. The summed E-state index contributed by atoms with van der Waals surface area (Å²) in [4.78, 5) is 21.6. The van der Waals surface area contributed by atoms with Crippen LogP contribution in [0.4, 0.5) is 0 Å². The molecule has 2 aromatic rings. The molecule has 0 radical (unpaired) electrons. The van der Waals surface area contributed by atoms with Gasteiger partial charge in [-0.3, -0.25) is 4.79 Å². The van der Waals surface area contributed by atoms with Crippen LogP contribution in [0.15, 0.2) is 18.2 Å². The molecule has 1 atom stereocenters. The molecule has 1 aromatic carbocycles. The maximum Gasteiger partial charge on any atom is 0.253 e. The fourth-order valence-corrected chi connectivity index (χ4v) is 4.93. The van der Waals surface area contributed by atoms with Gasteiger partial charge in [-0.05, 0) is 70.0 Å². The van der Waals surface area contributed by atoms with Crippen molar-refractivity contribution in [3.8, 4) is 0 Å². The van der Waals surface area contributed by atoms with Crippen LogP contribution < -0.4 is 0 Å². The van der Waals surface area contributed by atoms with Crippen LogP contribution in [0.2, 0.25) is 0 Å². The quantitative estimate of drug-likeness (QED) is 0.412. The number of carbonyl (C=O) groups excluding carboxylic acids is 1. The van der Waals surface area contributed by atoms with Crippen molar-refractivity contribution in [2.75, 3.05) is 27.2 Å². The number of fused-ring (bicyclic) bond motifs is 3. The molecule has 1 aliphatic carbocycles. The largest absolute Gasteiger partial charge is 0.358 e. The molecule has 1 aromatic heterocycles. The topological polar surface area (TPSA) is 39.3 Å². The Bertz CT molecular complexity index is 826. The van der Waals surface area contributed by atoms with Crippen molar-refractivity contribution in [2.24, 2.45) is 0 Å². The molecule has 1 amide bonds. The number of aryl methyl sites for hydroxylation is 1. The number of aromatic amines is 1. The van der Waals surface area contributed by atoms with Gasteiger partial charge >= 0.3 is 0 Å². The molecular weight excluding hydrogens is 382 g/mol. The van der Waals surface area contributed by atoms with Crippen molar-refractivity contribution < 1.29 is 4.79 Å². The number of benzene rings is 1. The Labute approximate surface area is 189 Å². The highest BCUT2D eigenvalue weighted by molar-refractivity contribution is 5.99. The van der Waals surface area contributed by atoms with Gasteiger partial charge in [-0.2, -0.15) is 0 Å². The Morgan fingerprint density at radius 1 is 1.00 bits per heavy atom. The highest BCUT2D eigenvalue weighted by Gasteiger charge is 2.24. The van der Waals surface area contributed by atoms with E-state index >= 15 is 0 Å². The van der Waals surface area contributed by atoms with Crippen molar-refractivity contribution in [1.29, 1.82) is 0 Å². The molecule has 0 saturated heterocycles. The normalized spacial score (nSPS) is 16.1. The maximum absolute atomic E-state index is 13.5. The number of H-pyrrole nitrogens is 1. The molecule has 3 rings (SSSR count). The van der Waals surface area contributed by atoms with Crippen molar-refractivity contribution in [2.45, 2.75) is 90.5 Å². The molecule has 1 heterocycles. The minimum absolute atomic E-state index is 0.213. The number of likely N-dealkylation sites (N-methyl/N-ethyl adjacent to an activating group) is 1. The third kappa shape index (κ3) is 6.12. The lowest BCUT2D eigenvalue weighted by Crippen LogP contribution is -2.33. The second kappa shape index (κ2) is 11.7. The van der Waals surface area contributed by atoms with Gasteiger partial charge in [-0.15, -0.1) is 0 Å². The smallest absolute Gasteiger partial charge is 0.253 e. The summed E-state index contributed by atoms with van der Waals surface area (Å²) in [7, 11) is 4.35. The molecule has 172 valence electrons. The van der Waals surface area contributed by atoms with E-state index in [9.17, 15) is 4.79 Å². The number of amides is 1. The molecular formula is C27H43N3O. The summed E-state index contributed by atoms with van der Waals surface area (Å²) >= 11 is 0. The number of unbranched alkanes of at least 4 members (excludes halogenated alkanes) is 6. The lowest BCUT2D eigenvalue weighted by atomic mass is 9.90. The van der Waals surface area contributed by atoms with Crippen molar-refractivity contribution in [3.63, 3.8) is 0 Å². The van der Waals surface area contributed by atoms with Crippen molar-refractivity contribution in [1.82, 2.24) is 14.8 Å². The van der Waals surface area contributed by atoms with E-state index in [-0.39, 0.29) is 5.91 Å². The SMILES string of the molecule is CCCCCCN(CCCCCC)C(=O)c1ccc2[nH]c3c(c2c1)CC(N(C)C)CC3. The first-order valence-corrected chi connectivity index (χ1v) is 12.6. The molecule has 1 aliphatic rings. The predicted molar refractivity (Wildman–Crippen MR) is 132 cm³/mol. The van der Waals surface area contributed by atoms with Crippen LogP contribution in [0.5, 0.6) is 0 Å². The first-order chi connectivity index (χ1) is 15.0. The molecule has 0 bridgehead atoms. The Morgan fingerprint density at radius 2 is 1.68 bits per heavy atom. The highest BCUT2D eigenvalue weighted by Crippen LogP contribution is 2.31. The van der Waals surface area contributed by atoms with Gasteiger partial charge in [-0.25, -0.2) is 0 Å². The number of aromatic nitrogens is 1. The van der Waals surface area contributed by atoms with E-state index < -0.39 is 0 Å². The van der Waals surface area contributed by atoms with Gasteiger partial charge in [0.05, 0.1) is 0 Å². The maximum atomic E-state index is 13.5. The van der Waals surface area contributed by atoms with E-state index in [4.69, 9.17) is 0 Å². The van der Waals surface area contributed by atoms with Crippen LogP contribution in [-0.2, 0) is 12.8 Å². The minimum atomic E-state index is 0.213. The molecule has 1 N–H and O–H groups in total. The van der Waals surface area contributed by atoms with Gasteiger partial charge in [0.15, 0.2) is 0 Å². The lowest BCUT2D eigenvalue weighted by molar-refractivity contribution is 0.0749. The molecule has 0 spiro atoms. The number of carbonyl (C=O) groups is 1. The van der Waals surface area contributed by atoms with Crippen molar-refractivity contribution >= 4 is 16.8 Å². The minimum Gasteiger partial charge on any atom is -0.358 e. The van der Waals surface area contributed by atoms with E-state index in [2.05, 4.69) is 54.9 Å². The number of rotatable bonds is 12. The van der Waals surface area contributed by atoms with Gasteiger partial charge in [0.25, 0.3) is 5.91 Å². The predicted octanol–water partition coefficient (Wildman–Crippen LogP) is 6.19. The van der Waals surface area contributed by atoms with E-state index in [1.165, 1.54) is 67.1 Å². The third-order valence-electron chi connectivity index (χ3n) is 6.99. The van der Waals surface area contributed by atoms with Crippen molar-refractivity contribution in [3.05, 3.63) is 35.0 Å². The summed E-state index contributed by atoms with van der Waals surface area (Å²) in [6.45, 7) is 6.25. The average molecular weight is 426 g/mol. The second-order valence-electron chi connectivity index (χ2n) is 9.62. The molecule has 4 nitrogen and oxygen atoms in total. The van der Waals surface area contributed by atoms with Crippen LogP contribution in [0.1, 0.15) is 93.3 Å². The number of nitrogens with one attached hydrogen (secondary N) is 1. The fourth-order valence-electron chi connectivity index (χ4n) is 4.93. The third-order valence-corrected chi connectivity index (χ3v) is 6.99. The van der Waals surface area contributed by atoms with Gasteiger partial charge < -0.3 is 14.8 Å². The monoisotopic (exact) mass is 425 g/mol. The average Bonchev–Trinajstić information content (AvgIpc) is 3.14. The van der Waals surface area contributed by atoms with Crippen LogP contribution in [-0.4, -0.2) is 53.9 Å². The Kier molecular flexibility index (Phi) is 9.01. The van der Waals surface area contributed by atoms with E-state index in [0.29, 0.717) is 6.04 Å². The summed E-state index contributed by atoms with van der Waals surface area (Å²) < 4.78 is 0. The summed E-state index contributed by atoms with van der Waals surface area (Å²) in [6.07, 6.45) is 13.0. The Morgan fingerprint density at radius 3 is 2.29 bits per heavy atom. The molecule has 4 heteroatoms. The van der Waals surface area contributed by atoms with Gasteiger partial charge in [-0.1, -0.05) is 52.4 Å². The van der Waals surface area contributed by atoms with E-state index in [1.54, 1.807) is 0 Å². The first-order valence-electron chi connectivity index (χ1n) is 12.6. The molecule has 31 heavy (non-hydrogen) atoms. The highest BCUT2D eigenvalue weighted by atomic mass is 16.2. The number of hydrogen-bond donors (Lipinski definition) is 1. The molecule has 0 fully saturated rings. The zero-order valence-electron chi connectivity index (χ0n) is 20.3. The number of nitrogens with zero attached hydrogens (tertiary/aromatic N) is 2. The fraction of sp³-hybridized carbons (Fsp3) is 0.667. The molecule has 0 aliphatic heterocycles. The van der Waals surface area contributed by atoms with Gasteiger partial charge in [0.2, 0.25) is 0 Å². The molecule has 0 saturated carbocycles. The first kappa shape index (κ1) is 23.8. The zero-order valence-corrected chi connectivity index (χ0v) is 20.3. The standard InChI is InChI=1S/C27H43N3O/c1-5-7-9-11-17-30(18-12-10-8-6-2)27(31)21-13-15-25-23(19-21)24-20-22(29(3)4)14-16-26(24)28-25/h13,15,19,22,28H,5-12,14,16-18,20H2,1-4H3. The van der Waals surface area contributed by atoms with Crippen LogP contribution in [0.25, 0.3) is 10.9 Å². The van der Waals surface area contributed by atoms with E-state index in [0.717, 1.165) is 44.3 Å².